The van der Waals surface area contributed by atoms with Gasteiger partial charge in [-0.1, -0.05) is 18.9 Å². The van der Waals surface area contributed by atoms with Crippen LogP contribution in [-0.4, -0.2) is 19.8 Å². The van der Waals surface area contributed by atoms with Crippen LogP contribution >= 0.6 is 0 Å². The van der Waals surface area contributed by atoms with E-state index in [9.17, 15) is 0 Å². The Morgan fingerprint density at radius 2 is 2.06 bits per heavy atom. The second-order valence-electron chi connectivity index (χ2n) is 4.83. The number of benzene rings is 1. The fourth-order valence-corrected chi connectivity index (χ4v) is 2.00. The average Bonchev–Trinajstić information content (AvgIpc) is 3.17. The van der Waals surface area contributed by atoms with Crippen LogP contribution in [0.15, 0.2) is 18.2 Å². The summed E-state index contributed by atoms with van der Waals surface area (Å²) in [5.41, 5.74) is 6.78. The maximum absolute atomic E-state index is 5.82. The van der Waals surface area contributed by atoms with Gasteiger partial charge in [-0.3, -0.25) is 0 Å². The third-order valence-corrected chi connectivity index (χ3v) is 3.22. The van der Waals surface area contributed by atoms with Gasteiger partial charge in [0.1, 0.15) is 0 Å². The minimum absolute atomic E-state index is 0.658. The van der Waals surface area contributed by atoms with E-state index < -0.39 is 0 Å². The van der Waals surface area contributed by atoms with Crippen LogP contribution in [-0.2, 0) is 6.42 Å². The summed E-state index contributed by atoms with van der Waals surface area (Å²) < 4.78 is 11.4. The highest BCUT2D eigenvalue weighted by Crippen LogP contribution is 2.33. The lowest BCUT2D eigenvalue weighted by molar-refractivity contribution is 0.268. The Labute approximate surface area is 109 Å². The van der Waals surface area contributed by atoms with Gasteiger partial charge in [0.2, 0.25) is 0 Å². The molecule has 0 unspecified atom stereocenters. The molecule has 0 saturated heterocycles. The second kappa shape index (κ2) is 6.64. The molecule has 1 aliphatic carbocycles. The Morgan fingerprint density at radius 3 is 2.72 bits per heavy atom. The largest absolute Gasteiger partial charge is 0.490 e. The fraction of sp³-hybridized carbons (Fsp3) is 0.600. The summed E-state index contributed by atoms with van der Waals surface area (Å²) in [7, 11) is 0. The van der Waals surface area contributed by atoms with Crippen molar-refractivity contribution in [2.24, 2.45) is 11.7 Å². The molecule has 2 rings (SSSR count). The minimum atomic E-state index is 0.658. The van der Waals surface area contributed by atoms with Crippen LogP contribution in [0.1, 0.15) is 31.7 Å². The number of ether oxygens (including phenoxy) is 2. The van der Waals surface area contributed by atoms with E-state index in [2.05, 4.69) is 6.07 Å². The number of nitrogens with two attached hydrogens (primary N) is 1. The van der Waals surface area contributed by atoms with E-state index in [1.807, 2.05) is 19.1 Å². The molecule has 0 heterocycles. The van der Waals surface area contributed by atoms with Crippen molar-refractivity contribution < 1.29 is 9.47 Å². The molecule has 3 heteroatoms. The van der Waals surface area contributed by atoms with E-state index in [0.29, 0.717) is 13.2 Å². The molecule has 1 aliphatic rings. The SMILES string of the molecule is CCOc1cc(CCN)ccc1OCCC1CC1. The standard InChI is InChI=1S/C15H23NO2/c1-2-17-15-11-13(7-9-16)5-6-14(15)18-10-8-12-3-4-12/h5-6,11-12H,2-4,7-10,16H2,1H3. The van der Waals surface area contributed by atoms with E-state index in [0.717, 1.165) is 36.9 Å². The van der Waals surface area contributed by atoms with Gasteiger partial charge in [0.05, 0.1) is 13.2 Å². The first-order valence-electron chi connectivity index (χ1n) is 6.92. The van der Waals surface area contributed by atoms with Gasteiger partial charge in [0, 0.05) is 0 Å². The van der Waals surface area contributed by atoms with Crippen molar-refractivity contribution in [3.05, 3.63) is 23.8 Å². The minimum Gasteiger partial charge on any atom is -0.490 e. The summed E-state index contributed by atoms with van der Waals surface area (Å²) in [6.07, 6.45) is 4.78. The van der Waals surface area contributed by atoms with Crippen molar-refractivity contribution in [2.75, 3.05) is 19.8 Å². The van der Waals surface area contributed by atoms with E-state index >= 15 is 0 Å². The Morgan fingerprint density at radius 1 is 1.22 bits per heavy atom. The van der Waals surface area contributed by atoms with Gasteiger partial charge < -0.3 is 15.2 Å². The number of hydrogen-bond acceptors (Lipinski definition) is 3. The van der Waals surface area contributed by atoms with E-state index in [1.165, 1.54) is 18.4 Å². The second-order valence-corrected chi connectivity index (χ2v) is 4.83. The molecule has 0 aliphatic heterocycles. The van der Waals surface area contributed by atoms with Crippen molar-refractivity contribution in [3.63, 3.8) is 0 Å². The van der Waals surface area contributed by atoms with Gasteiger partial charge in [-0.05, 0) is 49.9 Å². The Kier molecular flexibility index (Phi) is 4.88. The zero-order valence-electron chi connectivity index (χ0n) is 11.2. The van der Waals surface area contributed by atoms with Crippen LogP contribution < -0.4 is 15.2 Å². The van der Waals surface area contributed by atoms with Crippen LogP contribution in [0.3, 0.4) is 0 Å². The van der Waals surface area contributed by atoms with Crippen molar-refractivity contribution in [2.45, 2.75) is 32.6 Å². The molecule has 100 valence electrons. The third kappa shape index (κ3) is 3.91. The summed E-state index contributed by atoms with van der Waals surface area (Å²) in [4.78, 5) is 0. The molecule has 1 aromatic rings. The molecule has 0 bridgehead atoms. The lowest BCUT2D eigenvalue weighted by Crippen LogP contribution is -2.05. The average molecular weight is 249 g/mol. The number of rotatable bonds is 8. The lowest BCUT2D eigenvalue weighted by atomic mass is 10.1. The summed E-state index contributed by atoms with van der Waals surface area (Å²) in [6.45, 7) is 4.10. The summed E-state index contributed by atoms with van der Waals surface area (Å²) in [5.74, 6) is 2.61. The van der Waals surface area contributed by atoms with Crippen LogP contribution in [0.5, 0.6) is 11.5 Å². The highest BCUT2D eigenvalue weighted by Gasteiger charge is 2.21. The lowest BCUT2D eigenvalue weighted by Gasteiger charge is -2.13. The normalized spacial score (nSPS) is 14.6. The van der Waals surface area contributed by atoms with Gasteiger partial charge in [0.15, 0.2) is 11.5 Å². The maximum Gasteiger partial charge on any atom is 0.161 e. The van der Waals surface area contributed by atoms with Crippen molar-refractivity contribution in [1.29, 1.82) is 0 Å². The topological polar surface area (TPSA) is 44.5 Å². The number of hydrogen-bond donors (Lipinski definition) is 1. The maximum atomic E-state index is 5.82. The summed E-state index contributed by atoms with van der Waals surface area (Å²) >= 11 is 0. The zero-order chi connectivity index (χ0) is 12.8. The van der Waals surface area contributed by atoms with Gasteiger partial charge in [-0.25, -0.2) is 0 Å². The molecule has 1 fully saturated rings. The molecule has 3 nitrogen and oxygen atoms in total. The Bertz CT molecular complexity index is 375. The van der Waals surface area contributed by atoms with E-state index in [4.69, 9.17) is 15.2 Å². The van der Waals surface area contributed by atoms with Gasteiger partial charge >= 0.3 is 0 Å². The highest BCUT2D eigenvalue weighted by molar-refractivity contribution is 5.43. The molecule has 1 saturated carbocycles. The molecular formula is C15H23NO2. The van der Waals surface area contributed by atoms with Gasteiger partial charge in [-0.2, -0.15) is 0 Å². The summed E-state index contributed by atoms with van der Waals surface area (Å²) in [5, 5.41) is 0. The molecule has 1 aromatic carbocycles. The quantitative estimate of drug-likeness (QED) is 0.770. The van der Waals surface area contributed by atoms with E-state index in [1.54, 1.807) is 0 Å². The van der Waals surface area contributed by atoms with Crippen LogP contribution in [0, 0.1) is 5.92 Å². The molecule has 0 amide bonds. The van der Waals surface area contributed by atoms with Gasteiger partial charge in [0.25, 0.3) is 0 Å². The Hall–Kier alpha value is -1.22. The van der Waals surface area contributed by atoms with Crippen molar-refractivity contribution >= 4 is 0 Å². The predicted molar refractivity (Wildman–Crippen MR) is 73.2 cm³/mol. The highest BCUT2D eigenvalue weighted by atomic mass is 16.5. The summed E-state index contributed by atoms with van der Waals surface area (Å²) in [6, 6.07) is 6.12. The molecule has 18 heavy (non-hydrogen) atoms. The van der Waals surface area contributed by atoms with Crippen LogP contribution in [0.4, 0.5) is 0 Å². The molecule has 0 spiro atoms. The molecule has 0 radical (unpaired) electrons. The van der Waals surface area contributed by atoms with Crippen LogP contribution in [0.25, 0.3) is 0 Å². The molecular weight excluding hydrogens is 226 g/mol. The first-order chi connectivity index (χ1) is 8.83. The first kappa shape index (κ1) is 13.2. The molecule has 0 atom stereocenters. The fourth-order valence-electron chi connectivity index (χ4n) is 2.00. The van der Waals surface area contributed by atoms with Crippen LogP contribution in [0.2, 0.25) is 0 Å². The van der Waals surface area contributed by atoms with Crippen molar-refractivity contribution in [3.8, 4) is 11.5 Å². The van der Waals surface area contributed by atoms with Crippen molar-refractivity contribution in [1.82, 2.24) is 0 Å². The first-order valence-corrected chi connectivity index (χ1v) is 6.92. The third-order valence-electron chi connectivity index (χ3n) is 3.22. The van der Waals surface area contributed by atoms with E-state index in [-0.39, 0.29) is 0 Å². The monoisotopic (exact) mass is 249 g/mol. The molecule has 2 N–H and O–H groups in total. The predicted octanol–water partition coefficient (Wildman–Crippen LogP) is 2.77. The van der Waals surface area contributed by atoms with Gasteiger partial charge in [-0.15, -0.1) is 0 Å². The zero-order valence-corrected chi connectivity index (χ0v) is 11.2. The molecule has 0 aromatic heterocycles. The Balaban J connectivity index is 1.96. The smallest absolute Gasteiger partial charge is 0.161 e.